The predicted molar refractivity (Wildman–Crippen MR) is 81.0 cm³/mol. The van der Waals surface area contributed by atoms with Crippen LogP contribution in [0.15, 0.2) is 24.8 Å². The maximum atomic E-state index is 4.64. The number of aryl methyl sites for hydroxylation is 2. The van der Waals surface area contributed by atoms with Gasteiger partial charge in [0.05, 0.1) is 6.33 Å². The van der Waals surface area contributed by atoms with E-state index in [4.69, 9.17) is 0 Å². The van der Waals surface area contributed by atoms with E-state index < -0.39 is 0 Å². The summed E-state index contributed by atoms with van der Waals surface area (Å²) >= 11 is 0. The van der Waals surface area contributed by atoms with Crippen LogP contribution in [0.3, 0.4) is 0 Å². The van der Waals surface area contributed by atoms with Crippen LogP contribution in [0.4, 0.5) is 5.82 Å². The quantitative estimate of drug-likeness (QED) is 0.811. The molecule has 0 spiro atoms. The summed E-state index contributed by atoms with van der Waals surface area (Å²) in [5, 5.41) is 0. The van der Waals surface area contributed by atoms with Crippen LogP contribution in [0.25, 0.3) is 0 Å². The molecule has 5 nitrogen and oxygen atoms in total. The van der Waals surface area contributed by atoms with E-state index in [-0.39, 0.29) is 0 Å². The van der Waals surface area contributed by atoms with Crippen LogP contribution in [0, 0.1) is 6.92 Å². The van der Waals surface area contributed by atoms with Crippen LogP contribution >= 0.6 is 0 Å². The van der Waals surface area contributed by atoms with Gasteiger partial charge in [-0.2, -0.15) is 0 Å². The SMILES string of the molecule is Cc1cc(N(C)CCCn2ccnc2)nc(C(C)C)n1. The minimum absolute atomic E-state index is 0.355. The molecule has 2 aromatic rings. The highest BCUT2D eigenvalue weighted by Gasteiger charge is 2.09. The van der Waals surface area contributed by atoms with Gasteiger partial charge in [-0.05, 0) is 13.3 Å². The van der Waals surface area contributed by atoms with Gasteiger partial charge in [-0.15, -0.1) is 0 Å². The van der Waals surface area contributed by atoms with Gasteiger partial charge in [-0.3, -0.25) is 0 Å². The van der Waals surface area contributed by atoms with Crippen molar-refractivity contribution in [1.29, 1.82) is 0 Å². The number of rotatable bonds is 6. The van der Waals surface area contributed by atoms with Crippen molar-refractivity contribution in [3.05, 3.63) is 36.3 Å². The van der Waals surface area contributed by atoms with Gasteiger partial charge in [0, 0.05) is 50.2 Å². The molecule has 0 atom stereocenters. The third-order valence-electron chi connectivity index (χ3n) is 3.23. The second kappa shape index (κ2) is 6.50. The molecule has 0 aliphatic rings. The largest absolute Gasteiger partial charge is 0.359 e. The molecule has 2 heterocycles. The van der Waals surface area contributed by atoms with Gasteiger partial charge in [0.1, 0.15) is 11.6 Å². The van der Waals surface area contributed by atoms with Crippen LogP contribution < -0.4 is 4.90 Å². The molecule has 0 aliphatic heterocycles. The number of anilines is 1. The molecule has 0 radical (unpaired) electrons. The Morgan fingerprint density at radius 2 is 2.10 bits per heavy atom. The van der Waals surface area contributed by atoms with Crippen molar-refractivity contribution >= 4 is 5.82 Å². The van der Waals surface area contributed by atoms with E-state index in [9.17, 15) is 0 Å². The summed E-state index contributed by atoms with van der Waals surface area (Å²) in [6.45, 7) is 8.21. The third kappa shape index (κ3) is 3.79. The van der Waals surface area contributed by atoms with E-state index in [1.807, 2.05) is 31.7 Å². The summed E-state index contributed by atoms with van der Waals surface area (Å²) in [4.78, 5) is 15.4. The summed E-state index contributed by atoms with van der Waals surface area (Å²) in [5.74, 6) is 2.28. The van der Waals surface area contributed by atoms with Crippen molar-refractivity contribution in [2.45, 2.75) is 39.7 Å². The topological polar surface area (TPSA) is 46.8 Å². The molecule has 5 heteroatoms. The molecule has 20 heavy (non-hydrogen) atoms. The summed E-state index contributed by atoms with van der Waals surface area (Å²) in [5.41, 5.74) is 1.03. The standard InChI is InChI=1S/C15H23N5/c1-12(2)15-17-13(3)10-14(18-15)19(4)7-5-8-20-9-6-16-11-20/h6,9-12H,5,7-8H2,1-4H3. The molecule has 0 fully saturated rings. The van der Waals surface area contributed by atoms with Gasteiger partial charge in [0.15, 0.2) is 0 Å². The molecule has 108 valence electrons. The first kappa shape index (κ1) is 14.5. The molecular formula is C15H23N5. The Morgan fingerprint density at radius 3 is 2.75 bits per heavy atom. The fraction of sp³-hybridized carbons (Fsp3) is 0.533. The first-order chi connectivity index (χ1) is 9.56. The highest BCUT2D eigenvalue weighted by molar-refractivity contribution is 5.38. The molecule has 0 bridgehead atoms. The molecule has 0 saturated heterocycles. The van der Waals surface area contributed by atoms with Crippen LogP contribution in [-0.2, 0) is 6.54 Å². The van der Waals surface area contributed by atoms with Gasteiger partial charge < -0.3 is 9.47 Å². The molecule has 0 saturated carbocycles. The predicted octanol–water partition coefficient (Wildman–Crippen LogP) is 2.63. The zero-order valence-corrected chi connectivity index (χ0v) is 12.7. The van der Waals surface area contributed by atoms with Crippen molar-refractivity contribution < 1.29 is 0 Å². The van der Waals surface area contributed by atoms with Gasteiger partial charge in [0.25, 0.3) is 0 Å². The summed E-state index contributed by atoms with van der Waals surface area (Å²) < 4.78 is 2.10. The Hall–Kier alpha value is -1.91. The van der Waals surface area contributed by atoms with Crippen LogP contribution in [0.5, 0.6) is 0 Å². The average molecular weight is 273 g/mol. The highest BCUT2D eigenvalue weighted by atomic mass is 15.2. The fourth-order valence-electron chi connectivity index (χ4n) is 2.05. The maximum absolute atomic E-state index is 4.64. The van der Waals surface area contributed by atoms with E-state index in [2.05, 4.69) is 45.3 Å². The van der Waals surface area contributed by atoms with Gasteiger partial charge in [-0.1, -0.05) is 13.8 Å². The van der Waals surface area contributed by atoms with Crippen LogP contribution in [0.2, 0.25) is 0 Å². The molecule has 0 unspecified atom stereocenters. The minimum atomic E-state index is 0.355. The number of imidazole rings is 1. The zero-order chi connectivity index (χ0) is 14.5. The molecule has 2 rings (SSSR count). The Bertz CT molecular complexity index is 533. The molecule has 0 amide bonds. The van der Waals surface area contributed by atoms with Crippen molar-refractivity contribution in [2.24, 2.45) is 0 Å². The third-order valence-corrected chi connectivity index (χ3v) is 3.23. The van der Waals surface area contributed by atoms with Crippen LogP contribution in [0.1, 0.15) is 37.7 Å². The van der Waals surface area contributed by atoms with Crippen LogP contribution in [-0.4, -0.2) is 33.1 Å². The van der Waals surface area contributed by atoms with Crippen molar-refractivity contribution in [3.8, 4) is 0 Å². The highest BCUT2D eigenvalue weighted by Crippen LogP contribution is 2.16. The smallest absolute Gasteiger partial charge is 0.133 e. The summed E-state index contributed by atoms with van der Waals surface area (Å²) in [7, 11) is 2.08. The van der Waals surface area contributed by atoms with E-state index in [1.54, 1.807) is 0 Å². The fourth-order valence-corrected chi connectivity index (χ4v) is 2.05. The first-order valence-electron chi connectivity index (χ1n) is 7.08. The van der Waals surface area contributed by atoms with Crippen molar-refractivity contribution in [1.82, 2.24) is 19.5 Å². The van der Waals surface area contributed by atoms with Gasteiger partial charge >= 0.3 is 0 Å². The number of hydrogen-bond donors (Lipinski definition) is 0. The Balaban J connectivity index is 1.96. The maximum Gasteiger partial charge on any atom is 0.133 e. The molecule has 0 aromatic carbocycles. The first-order valence-corrected chi connectivity index (χ1v) is 7.08. The lowest BCUT2D eigenvalue weighted by molar-refractivity contribution is 0.633. The number of aromatic nitrogens is 4. The summed E-state index contributed by atoms with van der Waals surface area (Å²) in [6.07, 6.45) is 6.72. The second-order valence-electron chi connectivity index (χ2n) is 5.46. The van der Waals surface area contributed by atoms with E-state index >= 15 is 0 Å². The van der Waals surface area contributed by atoms with Crippen molar-refractivity contribution in [2.75, 3.05) is 18.5 Å². The van der Waals surface area contributed by atoms with E-state index in [0.29, 0.717) is 5.92 Å². The number of nitrogens with zero attached hydrogens (tertiary/aromatic N) is 5. The normalized spacial score (nSPS) is 11.1. The van der Waals surface area contributed by atoms with Crippen molar-refractivity contribution in [3.63, 3.8) is 0 Å². The lowest BCUT2D eigenvalue weighted by Crippen LogP contribution is -2.22. The Labute approximate surface area is 120 Å². The lowest BCUT2D eigenvalue weighted by atomic mass is 10.2. The molecular weight excluding hydrogens is 250 g/mol. The van der Waals surface area contributed by atoms with Gasteiger partial charge in [-0.25, -0.2) is 15.0 Å². The second-order valence-corrected chi connectivity index (χ2v) is 5.46. The lowest BCUT2D eigenvalue weighted by Gasteiger charge is -2.20. The zero-order valence-electron chi connectivity index (χ0n) is 12.7. The molecule has 0 N–H and O–H groups in total. The Morgan fingerprint density at radius 1 is 1.30 bits per heavy atom. The molecule has 0 aliphatic carbocycles. The number of hydrogen-bond acceptors (Lipinski definition) is 4. The monoisotopic (exact) mass is 273 g/mol. The van der Waals surface area contributed by atoms with Gasteiger partial charge in [0.2, 0.25) is 0 Å². The van der Waals surface area contributed by atoms with E-state index in [0.717, 1.165) is 36.8 Å². The average Bonchev–Trinajstić information content (AvgIpc) is 2.91. The Kier molecular flexibility index (Phi) is 4.71. The summed E-state index contributed by atoms with van der Waals surface area (Å²) in [6, 6.07) is 2.04. The van der Waals surface area contributed by atoms with E-state index in [1.165, 1.54) is 0 Å². The minimum Gasteiger partial charge on any atom is -0.359 e. The molecule has 2 aromatic heterocycles.